The average molecular weight is 411 g/mol. The topological polar surface area (TPSA) is 72.2 Å². The van der Waals surface area contributed by atoms with Crippen LogP contribution in [0.2, 0.25) is 10.0 Å². The first-order chi connectivity index (χ1) is 12.5. The molecule has 0 saturated heterocycles. The summed E-state index contributed by atoms with van der Waals surface area (Å²) < 4.78 is 0. The van der Waals surface area contributed by atoms with Crippen LogP contribution in [0, 0.1) is 10.1 Å². The molecule has 26 heavy (non-hydrogen) atoms. The van der Waals surface area contributed by atoms with E-state index in [9.17, 15) is 14.9 Å². The molecular weight excluding hydrogens is 395 g/mol. The van der Waals surface area contributed by atoms with Crippen molar-refractivity contribution in [1.82, 2.24) is 5.32 Å². The van der Waals surface area contributed by atoms with Crippen LogP contribution in [0.1, 0.15) is 11.1 Å². The van der Waals surface area contributed by atoms with Crippen LogP contribution < -0.4 is 5.32 Å². The monoisotopic (exact) mass is 410 g/mol. The fourth-order valence-corrected chi connectivity index (χ4v) is 3.42. The minimum Gasteiger partial charge on any atom is -0.352 e. The molecule has 8 heteroatoms. The number of rotatable bonds is 8. The Bertz CT molecular complexity index is 811. The van der Waals surface area contributed by atoms with Crippen molar-refractivity contribution in [3.63, 3.8) is 0 Å². The summed E-state index contributed by atoms with van der Waals surface area (Å²) in [4.78, 5) is 21.9. The van der Waals surface area contributed by atoms with Crippen molar-refractivity contribution in [2.24, 2.45) is 0 Å². The maximum absolute atomic E-state index is 11.8. The summed E-state index contributed by atoms with van der Waals surface area (Å²) in [7, 11) is 0. The van der Waals surface area contributed by atoms with Crippen LogP contribution in [0.4, 0.5) is 5.69 Å². The number of halogens is 2. The molecule has 0 unspecified atom stereocenters. The van der Waals surface area contributed by atoms with Crippen molar-refractivity contribution in [3.8, 4) is 0 Å². The predicted octanol–water partition coefficient (Wildman–Crippen LogP) is 4.96. The van der Waals surface area contributed by atoms with Crippen LogP contribution >= 0.6 is 35.0 Å². The third-order valence-corrected chi connectivity index (χ3v) is 4.94. The average Bonchev–Trinajstić information content (AvgIpc) is 2.61. The Morgan fingerprint density at radius 3 is 2.58 bits per heavy atom. The van der Waals surface area contributed by atoms with Gasteiger partial charge in [-0.15, -0.1) is 0 Å². The van der Waals surface area contributed by atoms with Gasteiger partial charge in [0.05, 0.1) is 4.92 Å². The highest BCUT2D eigenvalue weighted by Crippen LogP contribution is 2.24. The summed E-state index contributed by atoms with van der Waals surface area (Å²) in [5, 5.41) is 14.6. The van der Waals surface area contributed by atoms with E-state index in [4.69, 9.17) is 23.2 Å². The largest absolute Gasteiger partial charge is 0.352 e. The summed E-state index contributed by atoms with van der Waals surface area (Å²) in [6.45, 7) is 0.527. The molecule has 0 fully saturated rings. The Balaban J connectivity index is 1.69. The Kier molecular flexibility index (Phi) is 7.97. The lowest BCUT2D eigenvalue weighted by molar-refractivity contribution is -0.384. The number of nitrogens with one attached hydrogen (secondary N) is 1. The fraction of sp³-hybridized carbons (Fsp3) is 0.167. The zero-order valence-corrected chi connectivity index (χ0v) is 16.0. The number of amides is 1. The quantitative estimate of drug-likeness (QED) is 0.288. The molecule has 0 spiro atoms. The first-order valence-electron chi connectivity index (χ1n) is 7.68. The van der Waals surface area contributed by atoms with Gasteiger partial charge in [-0.3, -0.25) is 14.9 Å². The van der Waals surface area contributed by atoms with Gasteiger partial charge in [0.1, 0.15) is 0 Å². The molecule has 0 aromatic heterocycles. The maximum atomic E-state index is 11.8. The van der Waals surface area contributed by atoms with E-state index in [1.807, 2.05) is 6.07 Å². The van der Waals surface area contributed by atoms with Gasteiger partial charge in [-0.1, -0.05) is 29.3 Å². The second-order valence-electron chi connectivity index (χ2n) is 5.26. The smallest absolute Gasteiger partial charge is 0.269 e. The van der Waals surface area contributed by atoms with E-state index < -0.39 is 4.92 Å². The van der Waals surface area contributed by atoms with Crippen molar-refractivity contribution < 1.29 is 9.72 Å². The molecule has 0 radical (unpaired) electrons. The zero-order chi connectivity index (χ0) is 18.9. The lowest BCUT2D eigenvalue weighted by atomic mass is 10.2. The third-order valence-electron chi connectivity index (χ3n) is 3.35. The molecule has 0 bridgehead atoms. The number of hydrogen-bond acceptors (Lipinski definition) is 4. The van der Waals surface area contributed by atoms with E-state index in [-0.39, 0.29) is 11.6 Å². The molecule has 1 N–H and O–H groups in total. The highest BCUT2D eigenvalue weighted by Gasteiger charge is 2.03. The van der Waals surface area contributed by atoms with Crippen LogP contribution in [-0.4, -0.2) is 23.1 Å². The van der Waals surface area contributed by atoms with Crippen molar-refractivity contribution >= 4 is 52.6 Å². The summed E-state index contributed by atoms with van der Waals surface area (Å²) in [6, 6.07) is 11.4. The van der Waals surface area contributed by atoms with Crippen molar-refractivity contribution in [2.45, 2.75) is 5.75 Å². The molecule has 0 aliphatic rings. The van der Waals surface area contributed by atoms with E-state index in [2.05, 4.69) is 5.32 Å². The van der Waals surface area contributed by atoms with Crippen LogP contribution in [0.25, 0.3) is 6.08 Å². The molecule has 0 atom stereocenters. The Morgan fingerprint density at radius 1 is 1.19 bits per heavy atom. The predicted molar refractivity (Wildman–Crippen MR) is 108 cm³/mol. The Labute approximate surface area is 165 Å². The molecule has 5 nitrogen and oxygen atoms in total. The summed E-state index contributed by atoms with van der Waals surface area (Å²) in [5.41, 5.74) is 1.74. The molecule has 136 valence electrons. The number of hydrogen-bond donors (Lipinski definition) is 1. The highest BCUT2D eigenvalue weighted by atomic mass is 35.5. The second-order valence-corrected chi connectivity index (χ2v) is 7.21. The molecule has 0 aliphatic carbocycles. The van der Waals surface area contributed by atoms with Crippen LogP contribution in [0.5, 0.6) is 0 Å². The van der Waals surface area contributed by atoms with Gasteiger partial charge in [0, 0.05) is 46.3 Å². The molecule has 0 saturated carbocycles. The Morgan fingerprint density at radius 2 is 1.92 bits per heavy atom. The molecule has 1 amide bonds. The number of nitro benzene ring substituents is 1. The molecule has 0 aliphatic heterocycles. The number of nitrogens with zero attached hydrogens (tertiary/aromatic N) is 1. The van der Waals surface area contributed by atoms with Gasteiger partial charge in [0.15, 0.2) is 0 Å². The number of thioether (sulfide) groups is 1. The number of nitro groups is 1. The number of benzene rings is 2. The molecular formula is C18H16Cl2N2O3S. The van der Waals surface area contributed by atoms with Gasteiger partial charge in [-0.25, -0.2) is 0 Å². The lowest BCUT2D eigenvalue weighted by Crippen LogP contribution is -2.23. The molecule has 2 aromatic carbocycles. The number of non-ortho nitro benzene ring substituents is 1. The standard InChI is InChI=1S/C18H16Cl2N2O3S/c19-15-5-4-14(17(20)11-15)12-26-10-9-21-18(23)8-3-13-1-6-16(7-2-13)22(24)25/h1-8,11H,9-10,12H2,(H,21,23)/b8-3+. The second kappa shape index (κ2) is 10.2. The fourth-order valence-electron chi connectivity index (χ4n) is 2.01. The zero-order valence-electron chi connectivity index (χ0n) is 13.7. The van der Waals surface area contributed by atoms with Crippen LogP contribution in [0.3, 0.4) is 0 Å². The van der Waals surface area contributed by atoms with E-state index in [1.165, 1.54) is 18.2 Å². The maximum Gasteiger partial charge on any atom is 0.269 e. The third kappa shape index (κ3) is 6.71. The van der Waals surface area contributed by atoms with Gasteiger partial charge in [-0.2, -0.15) is 11.8 Å². The van der Waals surface area contributed by atoms with Gasteiger partial charge in [0.25, 0.3) is 5.69 Å². The lowest BCUT2D eigenvalue weighted by Gasteiger charge is -2.05. The summed E-state index contributed by atoms with van der Waals surface area (Å²) >= 11 is 13.6. The van der Waals surface area contributed by atoms with Crippen molar-refractivity contribution in [1.29, 1.82) is 0 Å². The van der Waals surface area contributed by atoms with E-state index in [1.54, 1.807) is 42.1 Å². The minimum absolute atomic E-state index is 0.0180. The first kappa shape index (κ1) is 20.3. The molecule has 2 aromatic rings. The Hall–Kier alpha value is -2.02. The van der Waals surface area contributed by atoms with Gasteiger partial charge < -0.3 is 5.32 Å². The van der Waals surface area contributed by atoms with Crippen molar-refractivity contribution in [3.05, 3.63) is 79.8 Å². The summed E-state index contributed by atoms with van der Waals surface area (Å²) in [6.07, 6.45) is 3.02. The van der Waals surface area contributed by atoms with Crippen LogP contribution in [0.15, 0.2) is 48.5 Å². The van der Waals surface area contributed by atoms with Gasteiger partial charge >= 0.3 is 0 Å². The van der Waals surface area contributed by atoms with Gasteiger partial charge in [-0.05, 0) is 41.5 Å². The minimum atomic E-state index is -0.463. The SMILES string of the molecule is O=C(/C=C/c1ccc([N+](=O)[O-])cc1)NCCSCc1ccc(Cl)cc1Cl. The number of carbonyl (C=O) groups excluding carboxylic acids is 1. The number of carbonyl (C=O) groups is 1. The summed E-state index contributed by atoms with van der Waals surface area (Å²) in [5.74, 6) is 1.27. The molecule has 2 rings (SSSR count). The van der Waals surface area contributed by atoms with Gasteiger partial charge in [0.2, 0.25) is 5.91 Å². The van der Waals surface area contributed by atoms with Crippen molar-refractivity contribution in [2.75, 3.05) is 12.3 Å². The van der Waals surface area contributed by atoms with E-state index in [0.29, 0.717) is 16.6 Å². The normalized spacial score (nSPS) is 10.8. The van der Waals surface area contributed by atoms with E-state index in [0.717, 1.165) is 22.6 Å². The van der Waals surface area contributed by atoms with Crippen LogP contribution in [-0.2, 0) is 10.5 Å². The van der Waals surface area contributed by atoms with E-state index >= 15 is 0 Å². The molecule has 0 heterocycles. The first-order valence-corrected chi connectivity index (χ1v) is 9.59. The highest BCUT2D eigenvalue weighted by molar-refractivity contribution is 7.98.